The van der Waals surface area contributed by atoms with E-state index in [2.05, 4.69) is 56.8 Å². The van der Waals surface area contributed by atoms with Crippen molar-refractivity contribution < 1.29 is 4.74 Å². The third-order valence-electron chi connectivity index (χ3n) is 5.47. The lowest BCUT2D eigenvalue weighted by molar-refractivity contribution is 0.239. The standard InChI is InChI=1S/C25H28Cl2O/c1-17-8-10-20(11-9-17)18(2)14-21-6-4-5-7-24(21)19(3)28-16-22-12-13-23(26)15-25(22)27/h7-11,14-15,21H,3-6,12-13,16H2,1-2H3/b18-14+. The number of benzene rings is 1. The highest BCUT2D eigenvalue weighted by Gasteiger charge is 2.20. The van der Waals surface area contributed by atoms with E-state index in [1.165, 1.54) is 28.7 Å². The van der Waals surface area contributed by atoms with Crippen LogP contribution in [0, 0.1) is 12.8 Å². The number of aryl methyl sites for hydroxylation is 1. The molecule has 1 aromatic carbocycles. The average Bonchev–Trinajstić information content (AvgIpc) is 2.68. The second-order valence-electron chi connectivity index (χ2n) is 7.67. The van der Waals surface area contributed by atoms with Gasteiger partial charge >= 0.3 is 0 Å². The molecular weight excluding hydrogens is 387 g/mol. The van der Waals surface area contributed by atoms with Crippen molar-refractivity contribution in [2.45, 2.75) is 46.0 Å². The van der Waals surface area contributed by atoms with Gasteiger partial charge in [-0.15, -0.1) is 0 Å². The van der Waals surface area contributed by atoms with Crippen LogP contribution in [0.3, 0.4) is 0 Å². The number of hydrogen-bond donors (Lipinski definition) is 0. The second kappa shape index (κ2) is 9.67. The quantitative estimate of drug-likeness (QED) is 0.427. The molecule has 0 fully saturated rings. The Balaban J connectivity index is 1.70. The molecule has 0 aromatic heterocycles. The van der Waals surface area contributed by atoms with E-state index < -0.39 is 0 Å². The van der Waals surface area contributed by atoms with Gasteiger partial charge in [0, 0.05) is 16.0 Å². The Morgan fingerprint density at radius 3 is 2.68 bits per heavy atom. The van der Waals surface area contributed by atoms with Crippen molar-refractivity contribution in [3.05, 3.63) is 87.2 Å². The number of allylic oxidation sites excluding steroid dienone is 7. The van der Waals surface area contributed by atoms with Crippen molar-refractivity contribution in [3.63, 3.8) is 0 Å². The first kappa shape index (κ1) is 21.0. The van der Waals surface area contributed by atoms with Crippen molar-refractivity contribution in [2.75, 3.05) is 6.61 Å². The van der Waals surface area contributed by atoms with Crippen LogP contribution in [0.25, 0.3) is 5.57 Å². The molecule has 148 valence electrons. The predicted molar refractivity (Wildman–Crippen MR) is 121 cm³/mol. The first-order valence-corrected chi connectivity index (χ1v) is 10.7. The van der Waals surface area contributed by atoms with Crippen LogP contribution < -0.4 is 0 Å². The first-order chi connectivity index (χ1) is 13.4. The van der Waals surface area contributed by atoms with Crippen LogP contribution in [0.4, 0.5) is 0 Å². The molecule has 0 saturated heterocycles. The summed E-state index contributed by atoms with van der Waals surface area (Å²) in [6, 6.07) is 8.70. The van der Waals surface area contributed by atoms with Crippen molar-refractivity contribution in [3.8, 4) is 0 Å². The summed E-state index contributed by atoms with van der Waals surface area (Å²) in [4.78, 5) is 0. The molecule has 1 unspecified atom stereocenters. The van der Waals surface area contributed by atoms with E-state index in [1.807, 2.05) is 6.08 Å². The Morgan fingerprint density at radius 2 is 1.96 bits per heavy atom. The van der Waals surface area contributed by atoms with Gasteiger partial charge in [-0.05, 0) is 74.3 Å². The van der Waals surface area contributed by atoms with Crippen LogP contribution in [0.15, 0.2) is 76.0 Å². The molecule has 3 rings (SSSR count). The Hall–Kier alpha value is -1.70. The zero-order chi connectivity index (χ0) is 20.1. The van der Waals surface area contributed by atoms with Crippen molar-refractivity contribution in [1.29, 1.82) is 0 Å². The van der Waals surface area contributed by atoms with Gasteiger partial charge in [0.1, 0.15) is 12.4 Å². The minimum atomic E-state index is 0.340. The van der Waals surface area contributed by atoms with E-state index in [1.54, 1.807) is 0 Å². The summed E-state index contributed by atoms with van der Waals surface area (Å²) >= 11 is 12.4. The molecule has 2 aliphatic carbocycles. The molecule has 0 aliphatic heterocycles. The Morgan fingerprint density at radius 1 is 1.21 bits per heavy atom. The lowest BCUT2D eigenvalue weighted by Gasteiger charge is -2.25. The minimum Gasteiger partial charge on any atom is -0.490 e. The van der Waals surface area contributed by atoms with Crippen molar-refractivity contribution in [1.82, 2.24) is 0 Å². The molecule has 0 bridgehead atoms. The van der Waals surface area contributed by atoms with Gasteiger partial charge in [0.05, 0.1) is 0 Å². The third kappa shape index (κ3) is 5.43. The van der Waals surface area contributed by atoms with Gasteiger partial charge in [-0.2, -0.15) is 0 Å². The Kier molecular flexibility index (Phi) is 7.26. The summed E-state index contributed by atoms with van der Waals surface area (Å²) < 4.78 is 6.05. The highest BCUT2D eigenvalue weighted by atomic mass is 35.5. The molecule has 0 N–H and O–H groups in total. The van der Waals surface area contributed by atoms with Crippen LogP contribution >= 0.6 is 23.2 Å². The van der Waals surface area contributed by atoms with Crippen LogP contribution in [-0.4, -0.2) is 6.61 Å². The zero-order valence-electron chi connectivity index (χ0n) is 16.7. The summed E-state index contributed by atoms with van der Waals surface area (Å²) in [5, 5.41) is 1.51. The number of rotatable bonds is 6. The van der Waals surface area contributed by atoms with E-state index in [4.69, 9.17) is 27.9 Å². The maximum atomic E-state index is 6.31. The summed E-state index contributed by atoms with van der Waals surface area (Å²) in [6.45, 7) is 8.99. The van der Waals surface area contributed by atoms with E-state index >= 15 is 0 Å². The third-order valence-corrected chi connectivity index (χ3v) is 6.14. The Labute approximate surface area is 179 Å². The topological polar surface area (TPSA) is 9.23 Å². The van der Waals surface area contributed by atoms with Crippen molar-refractivity contribution >= 4 is 28.8 Å². The highest BCUT2D eigenvalue weighted by molar-refractivity contribution is 6.35. The smallest absolute Gasteiger partial charge is 0.116 e. The van der Waals surface area contributed by atoms with Gasteiger partial charge < -0.3 is 4.74 Å². The van der Waals surface area contributed by atoms with Crippen LogP contribution in [0.5, 0.6) is 0 Å². The fourth-order valence-corrected chi connectivity index (χ4v) is 4.25. The van der Waals surface area contributed by atoms with Crippen LogP contribution in [-0.2, 0) is 4.74 Å². The maximum Gasteiger partial charge on any atom is 0.116 e. The molecular formula is C25H28Cl2O. The number of ether oxygens (including phenoxy) is 1. The summed E-state index contributed by atoms with van der Waals surface area (Å²) in [7, 11) is 0. The molecule has 0 saturated carbocycles. The zero-order valence-corrected chi connectivity index (χ0v) is 18.2. The summed E-state index contributed by atoms with van der Waals surface area (Å²) in [5.74, 6) is 1.10. The van der Waals surface area contributed by atoms with Crippen molar-refractivity contribution in [2.24, 2.45) is 5.92 Å². The highest BCUT2D eigenvalue weighted by Crippen LogP contribution is 2.34. The fourth-order valence-electron chi connectivity index (χ4n) is 3.71. The van der Waals surface area contributed by atoms with Gasteiger partial charge in [-0.1, -0.05) is 71.8 Å². The molecule has 0 heterocycles. The van der Waals surface area contributed by atoms with E-state index in [0.717, 1.165) is 42.0 Å². The van der Waals surface area contributed by atoms with E-state index in [0.29, 0.717) is 17.6 Å². The normalized spacial score (nSPS) is 20.6. The molecule has 3 heteroatoms. The van der Waals surface area contributed by atoms with Gasteiger partial charge in [0.2, 0.25) is 0 Å². The molecule has 2 aliphatic rings. The maximum absolute atomic E-state index is 6.31. The molecule has 0 spiro atoms. The largest absolute Gasteiger partial charge is 0.490 e. The van der Waals surface area contributed by atoms with Crippen LogP contribution in [0.2, 0.25) is 0 Å². The molecule has 1 atom stereocenters. The number of hydrogen-bond acceptors (Lipinski definition) is 1. The lowest BCUT2D eigenvalue weighted by atomic mass is 9.84. The van der Waals surface area contributed by atoms with E-state index in [-0.39, 0.29) is 0 Å². The monoisotopic (exact) mass is 414 g/mol. The second-order valence-corrected chi connectivity index (χ2v) is 8.56. The van der Waals surface area contributed by atoms with Gasteiger partial charge in [-0.3, -0.25) is 0 Å². The fraction of sp³-hybridized carbons (Fsp3) is 0.360. The SMILES string of the molecule is C=C(OCC1=C(Cl)C=C(Cl)CC1)C1=CCCCC1/C=C(\C)c1ccc(C)cc1. The van der Waals surface area contributed by atoms with Gasteiger partial charge in [0.25, 0.3) is 0 Å². The first-order valence-electron chi connectivity index (χ1n) is 9.95. The summed E-state index contributed by atoms with van der Waals surface area (Å²) in [5.41, 5.74) is 6.14. The molecule has 1 aromatic rings. The van der Waals surface area contributed by atoms with E-state index in [9.17, 15) is 0 Å². The molecule has 1 nitrogen and oxygen atoms in total. The molecule has 0 amide bonds. The van der Waals surface area contributed by atoms with Gasteiger partial charge in [-0.25, -0.2) is 0 Å². The number of halogens is 2. The molecule has 0 radical (unpaired) electrons. The van der Waals surface area contributed by atoms with Gasteiger partial charge in [0.15, 0.2) is 0 Å². The van der Waals surface area contributed by atoms with Crippen LogP contribution in [0.1, 0.15) is 50.2 Å². The minimum absolute atomic E-state index is 0.340. The average molecular weight is 415 g/mol. The lowest BCUT2D eigenvalue weighted by Crippen LogP contribution is -2.12. The predicted octanol–water partition coefficient (Wildman–Crippen LogP) is 8.06. The Bertz CT molecular complexity index is 853. The summed E-state index contributed by atoms with van der Waals surface area (Å²) in [6.07, 6.45) is 11.5. The molecule has 28 heavy (non-hydrogen) atoms.